The van der Waals surface area contributed by atoms with Gasteiger partial charge < -0.3 is 15.5 Å². The highest BCUT2D eigenvalue weighted by Crippen LogP contribution is 2.20. The number of nitrogens with one attached hydrogen (secondary N) is 2. The smallest absolute Gasteiger partial charge is 0.313 e. The Hall–Kier alpha value is -3.22. The van der Waals surface area contributed by atoms with Gasteiger partial charge >= 0.3 is 11.8 Å². The Bertz CT molecular complexity index is 826. The van der Waals surface area contributed by atoms with Crippen LogP contribution in [0, 0.1) is 5.82 Å². The van der Waals surface area contributed by atoms with Gasteiger partial charge in [0.25, 0.3) is 0 Å². The number of anilines is 2. The van der Waals surface area contributed by atoms with E-state index < -0.39 is 23.7 Å². The van der Waals surface area contributed by atoms with Crippen molar-refractivity contribution in [2.45, 2.75) is 18.9 Å². The van der Waals surface area contributed by atoms with E-state index in [1.807, 2.05) is 6.07 Å². The van der Waals surface area contributed by atoms with Crippen LogP contribution in [0.3, 0.4) is 0 Å². The normalized spacial score (nSPS) is 16.2. The molecule has 2 aromatic rings. The molecule has 3 rings (SSSR count). The van der Waals surface area contributed by atoms with E-state index in [2.05, 4.69) is 10.6 Å². The molecule has 0 radical (unpaired) electrons. The molecule has 1 saturated heterocycles. The number of carbonyl (C=O) groups is 3. The van der Waals surface area contributed by atoms with Gasteiger partial charge in [0.1, 0.15) is 11.9 Å². The van der Waals surface area contributed by atoms with Gasteiger partial charge in [-0.2, -0.15) is 0 Å². The van der Waals surface area contributed by atoms with Crippen LogP contribution < -0.4 is 10.6 Å². The van der Waals surface area contributed by atoms with Crippen molar-refractivity contribution >= 4 is 29.1 Å². The van der Waals surface area contributed by atoms with Gasteiger partial charge in [-0.05, 0) is 43.2 Å². The lowest BCUT2D eigenvalue weighted by Gasteiger charge is -2.23. The first kappa shape index (κ1) is 17.6. The minimum Gasteiger partial charge on any atom is -0.324 e. The molecule has 1 fully saturated rings. The highest BCUT2D eigenvalue weighted by atomic mass is 19.1. The van der Waals surface area contributed by atoms with Gasteiger partial charge in [-0.3, -0.25) is 14.4 Å². The number of nitrogens with zero attached hydrogens (tertiary/aromatic N) is 1. The first-order valence-electron chi connectivity index (χ1n) is 8.28. The summed E-state index contributed by atoms with van der Waals surface area (Å²) >= 11 is 0. The maximum absolute atomic E-state index is 13.2. The second-order valence-electron chi connectivity index (χ2n) is 5.98. The third-order valence-corrected chi connectivity index (χ3v) is 4.13. The number of hydrogen-bond acceptors (Lipinski definition) is 3. The van der Waals surface area contributed by atoms with Gasteiger partial charge in [0.2, 0.25) is 5.91 Å². The summed E-state index contributed by atoms with van der Waals surface area (Å²) in [5, 5.41) is 5.12. The molecule has 6 nitrogen and oxygen atoms in total. The quantitative estimate of drug-likeness (QED) is 0.830. The van der Waals surface area contributed by atoms with Crippen LogP contribution in [-0.2, 0) is 14.4 Å². The van der Waals surface area contributed by atoms with Gasteiger partial charge in [0.15, 0.2) is 0 Å². The van der Waals surface area contributed by atoms with E-state index in [4.69, 9.17) is 0 Å². The summed E-state index contributed by atoms with van der Waals surface area (Å²) in [4.78, 5) is 38.3. The van der Waals surface area contributed by atoms with Gasteiger partial charge in [-0.15, -0.1) is 0 Å². The Morgan fingerprint density at radius 3 is 2.42 bits per heavy atom. The zero-order valence-corrected chi connectivity index (χ0v) is 13.9. The number of carbonyl (C=O) groups excluding carboxylic acids is 3. The summed E-state index contributed by atoms with van der Waals surface area (Å²) in [7, 11) is 0. The van der Waals surface area contributed by atoms with Crippen molar-refractivity contribution in [2.75, 3.05) is 17.2 Å². The second-order valence-corrected chi connectivity index (χ2v) is 5.98. The molecule has 1 heterocycles. The topological polar surface area (TPSA) is 78.5 Å². The number of hydrogen-bond donors (Lipinski definition) is 2. The van der Waals surface area contributed by atoms with Crippen LogP contribution in [0.4, 0.5) is 15.8 Å². The van der Waals surface area contributed by atoms with E-state index in [1.165, 1.54) is 23.1 Å². The Morgan fingerprint density at radius 1 is 0.962 bits per heavy atom. The maximum Gasteiger partial charge on any atom is 0.313 e. The molecule has 3 amide bonds. The lowest BCUT2D eigenvalue weighted by Crippen LogP contribution is -2.47. The minimum absolute atomic E-state index is 0.188. The zero-order chi connectivity index (χ0) is 18.5. The number of para-hydroxylation sites is 1. The van der Waals surface area contributed by atoms with E-state index in [0.29, 0.717) is 25.1 Å². The Kier molecular flexibility index (Phi) is 5.26. The molecule has 7 heteroatoms. The lowest BCUT2D eigenvalue weighted by molar-refractivity contribution is -0.145. The van der Waals surface area contributed by atoms with Crippen LogP contribution in [0.1, 0.15) is 12.8 Å². The molecule has 26 heavy (non-hydrogen) atoms. The van der Waals surface area contributed by atoms with Gasteiger partial charge in [-0.25, -0.2) is 4.39 Å². The van der Waals surface area contributed by atoms with Crippen molar-refractivity contribution in [2.24, 2.45) is 0 Å². The zero-order valence-electron chi connectivity index (χ0n) is 13.9. The highest BCUT2D eigenvalue weighted by molar-refractivity contribution is 6.40. The minimum atomic E-state index is -0.894. The SMILES string of the molecule is O=C(Nc1cccc(F)c1)C(=O)N1CCC[C@@H]1C(=O)Nc1ccccc1. The first-order valence-corrected chi connectivity index (χ1v) is 8.28. The third-order valence-electron chi connectivity index (χ3n) is 4.13. The molecular formula is C19H18FN3O3. The summed E-state index contributed by atoms with van der Waals surface area (Å²) in [5.74, 6) is -2.55. The summed E-state index contributed by atoms with van der Waals surface area (Å²) in [6, 6.07) is 13.5. The van der Waals surface area contributed by atoms with Crippen LogP contribution >= 0.6 is 0 Å². The molecule has 2 aromatic carbocycles. The Balaban J connectivity index is 1.65. The lowest BCUT2D eigenvalue weighted by atomic mass is 10.2. The molecule has 1 aliphatic heterocycles. The van der Waals surface area contributed by atoms with E-state index in [1.54, 1.807) is 24.3 Å². The van der Waals surface area contributed by atoms with Crippen LogP contribution in [0.5, 0.6) is 0 Å². The molecule has 134 valence electrons. The molecule has 0 saturated carbocycles. The molecule has 0 spiro atoms. The van der Waals surface area contributed by atoms with Crippen LogP contribution in [-0.4, -0.2) is 35.2 Å². The number of rotatable bonds is 3. The van der Waals surface area contributed by atoms with Gasteiger partial charge in [0.05, 0.1) is 0 Å². The van der Waals surface area contributed by atoms with Crippen molar-refractivity contribution in [3.8, 4) is 0 Å². The summed E-state index contributed by atoms with van der Waals surface area (Å²) in [6.07, 6.45) is 1.11. The molecule has 0 aromatic heterocycles. The molecule has 1 aliphatic rings. The Labute approximate surface area is 150 Å². The van der Waals surface area contributed by atoms with Crippen LogP contribution in [0.2, 0.25) is 0 Å². The first-order chi connectivity index (χ1) is 12.5. The van der Waals surface area contributed by atoms with Crippen LogP contribution in [0.25, 0.3) is 0 Å². The molecule has 0 aliphatic carbocycles. The van der Waals surface area contributed by atoms with Gasteiger partial charge in [-0.1, -0.05) is 24.3 Å². The number of likely N-dealkylation sites (tertiary alicyclic amines) is 1. The van der Waals surface area contributed by atoms with Crippen molar-refractivity contribution in [3.05, 3.63) is 60.4 Å². The standard InChI is InChI=1S/C19H18FN3O3/c20-13-6-4-9-15(12-13)22-18(25)19(26)23-11-5-10-16(23)17(24)21-14-7-2-1-3-8-14/h1-4,6-9,12,16H,5,10-11H2,(H,21,24)(H,22,25)/t16-/m1/s1. The summed E-state index contributed by atoms with van der Waals surface area (Å²) < 4.78 is 13.2. The van der Waals surface area contributed by atoms with E-state index in [-0.39, 0.29) is 11.6 Å². The van der Waals surface area contributed by atoms with E-state index in [9.17, 15) is 18.8 Å². The van der Waals surface area contributed by atoms with E-state index >= 15 is 0 Å². The fraction of sp³-hybridized carbons (Fsp3) is 0.211. The largest absolute Gasteiger partial charge is 0.324 e. The van der Waals surface area contributed by atoms with Gasteiger partial charge in [0, 0.05) is 17.9 Å². The van der Waals surface area contributed by atoms with Crippen molar-refractivity contribution in [3.63, 3.8) is 0 Å². The fourth-order valence-electron chi connectivity index (χ4n) is 2.91. The predicted octanol–water partition coefficient (Wildman–Crippen LogP) is 2.39. The average molecular weight is 355 g/mol. The molecule has 0 bridgehead atoms. The number of halogens is 1. The predicted molar refractivity (Wildman–Crippen MR) is 94.8 cm³/mol. The average Bonchev–Trinajstić information content (AvgIpc) is 3.11. The summed E-state index contributed by atoms with van der Waals surface area (Å²) in [6.45, 7) is 0.322. The number of benzene rings is 2. The fourth-order valence-corrected chi connectivity index (χ4v) is 2.91. The summed E-state index contributed by atoms with van der Waals surface area (Å²) in [5.41, 5.74) is 0.814. The molecular weight excluding hydrogens is 337 g/mol. The van der Waals surface area contributed by atoms with Crippen molar-refractivity contribution in [1.29, 1.82) is 0 Å². The number of amides is 3. The van der Waals surface area contributed by atoms with E-state index in [0.717, 1.165) is 6.07 Å². The second kappa shape index (κ2) is 7.77. The molecule has 1 atom stereocenters. The molecule has 0 unspecified atom stereocenters. The highest BCUT2D eigenvalue weighted by Gasteiger charge is 2.36. The van der Waals surface area contributed by atoms with Crippen molar-refractivity contribution in [1.82, 2.24) is 4.90 Å². The third kappa shape index (κ3) is 4.05. The molecule has 2 N–H and O–H groups in total. The monoisotopic (exact) mass is 355 g/mol. The van der Waals surface area contributed by atoms with Crippen LogP contribution in [0.15, 0.2) is 54.6 Å². The Morgan fingerprint density at radius 2 is 1.69 bits per heavy atom. The maximum atomic E-state index is 13.2. The van der Waals surface area contributed by atoms with Crippen molar-refractivity contribution < 1.29 is 18.8 Å².